The van der Waals surface area contributed by atoms with Crippen molar-refractivity contribution in [3.8, 4) is 11.5 Å². The summed E-state index contributed by atoms with van der Waals surface area (Å²) in [4.78, 5) is 12.2. The van der Waals surface area contributed by atoms with Crippen molar-refractivity contribution in [1.29, 1.82) is 0 Å². The van der Waals surface area contributed by atoms with Crippen LogP contribution < -0.4 is 25.4 Å². The van der Waals surface area contributed by atoms with Crippen LogP contribution in [-0.4, -0.2) is 19.6 Å². The quantitative estimate of drug-likeness (QED) is 0.142. The van der Waals surface area contributed by atoms with Gasteiger partial charge in [0.2, 0.25) is 0 Å². The number of nitrogens with one attached hydrogen (secondary N) is 3. The van der Waals surface area contributed by atoms with Gasteiger partial charge in [-0.1, -0.05) is 98.6 Å². The van der Waals surface area contributed by atoms with Crippen LogP contribution >= 0.6 is 0 Å². The first kappa shape index (κ1) is 29.7. The smallest absolute Gasteiger partial charge is 0.319 e. The van der Waals surface area contributed by atoms with Crippen LogP contribution in [0.15, 0.2) is 103 Å². The molecular weight excluding hydrogens is 510 g/mol. The van der Waals surface area contributed by atoms with Crippen molar-refractivity contribution < 1.29 is 14.3 Å². The van der Waals surface area contributed by atoms with E-state index in [2.05, 4.69) is 53.2 Å². The number of ether oxygens (including phenoxy) is 2. The largest absolute Gasteiger partial charge is 0.489 e. The number of rotatable bonds is 15. The fourth-order valence-corrected chi connectivity index (χ4v) is 4.59. The third kappa shape index (κ3) is 9.69. The summed E-state index contributed by atoms with van der Waals surface area (Å²) in [5.41, 5.74) is 5.27. The Morgan fingerprint density at radius 3 is 2.07 bits per heavy atom. The van der Waals surface area contributed by atoms with E-state index in [4.69, 9.17) is 9.47 Å². The molecule has 0 saturated heterocycles. The third-order valence-electron chi connectivity index (χ3n) is 6.94. The fourth-order valence-electron chi connectivity index (χ4n) is 4.59. The molecule has 6 nitrogen and oxygen atoms in total. The maximum atomic E-state index is 12.2. The maximum Gasteiger partial charge on any atom is 0.319 e. The molecule has 214 valence electrons. The summed E-state index contributed by atoms with van der Waals surface area (Å²) in [7, 11) is 1.61. The molecule has 3 N–H and O–H groups in total. The highest BCUT2D eigenvalue weighted by molar-refractivity contribution is 5.90. The van der Waals surface area contributed by atoms with E-state index in [0.717, 1.165) is 54.7 Å². The van der Waals surface area contributed by atoms with Crippen molar-refractivity contribution in [2.24, 2.45) is 0 Å². The molecule has 0 heterocycles. The minimum absolute atomic E-state index is 0.164. The molecule has 6 heteroatoms. The Labute approximate surface area is 244 Å². The van der Waals surface area contributed by atoms with Gasteiger partial charge in [0.05, 0.1) is 5.69 Å². The molecule has 0 aliphatic rings. The lowest BCUT2D eigenvalue weighted by molar-refractivity contribution is 0.253. The van der Waals surface area contributed by atoms with Gasteiger partial charge < -0.3 is 25.4 Å². The van der Waals surface area contributed by atoms with E-state index < -0.39 is 0 Å². The molecule has 41 heavy (non-hydrogen) atoms. The molecule has 0 aliphatic heterocycles. The summed E-state index contributed by atoms with van der Waals surface area (Å²) in [5, 5.41) is 9.33. The lowest BCUT2D eigenvalue weighted by atomic mass is 9.99. The zero-order valence-corrected chi connectivity index (χ0v) is 24.1. The Hall–Kier alpha value is -4.29. The number of benzene rings is 4. The van der Waals surface area contributed by atoms with Gasteiger partial charge in [0.25, 0.3) is 0 Å². The molecule has 1 atom stereocenters. The summed E-state index contributed by atoms with van der Waals surface area (Å²) in [5.74, 6) is 1.52. The van der Waals surface area contributed by atoms with E-state index in [-0.39, 0.29) is 12.1 Å². The zero-order chi connectivity index (χ0) is 28.7. The highest BCUT2D eigenvalue weighted by atomic mass is 16.5. The van der Waals surface area contributed by atoms with Gasteiger partial charge in [0.15, 0.2) is 0 Å². The average Bonchev–Trinajstić information content (AvgIpc) is 3.02. The van der Waals surface area contributed by atoms with Crippen molar-refractivity contribution in [3.05, 3.63) is 125 Å². The molecule has 4 rings (SSSR count). The van der Waals surface area contributed by atoms with Gasteiger partial charge >= 0.3 is 6.03 Å². The highest BCUT2D eigenvalue weighted by Crippen LogP contribution is 2.31. The van der Waals surface area contributed by atoms with E-state index in [1.54, 1.807) is 7.05 Å². The topological polar surface area (TPSA) is 71.6 Å². The summed E-state index contributed by atoms with van der Waals surface area (Å²) in [6.45, 7) is 4.03. The summed E-state index contributed by atoms with van der Waals surface area (Å²) in [6, 6.07) is 34.5. The number of hydrogen-bond donors (Lipinski definition) is 3. The van der Waals surface area contributed by atoms with Gasteiger partial charge in [-0.2, -0.15) is 0 Å². The summed E-state index contributed by atoms with van der Waals surface area (Å²) < 4.78 is 12.0. The van der Waals surface area contributed by atoms with Crippen LogP contribution in [0.3, 0.4) is 0 Å². The van der Waals surface area contributed by atoms with E-state index >= 15 is 0 Å². The second-order valence-electron chi connectivity index (χ2n) is 10.1. The molecule has 0 aliphatic carbocycles. The molecule has 1 unspecified atom stereocenters. The SMILES string of the molecule is CCCCC(NCCc1ccc(OCc2ccccc2)cc1)c1ccc(OCc2ccccc2)c(NC(=O)NC)c1. The van der Waals surface area contributed by atoms with Gasteiger partial charge in [-0.05, 0) is 65.9 Å². The molecule has 4 aromatic carbocycles. The van der Waals surface area contributed by atoms with Crippen molar-refractivity contribution in [3.63, 3.8) is 0 Å². The third-order valence-corrected chi connectivity index (χ3v) is 6.94. The number of carbonyl (C=O) groups is 1. The van der Waals surface area contributed by atoms with Gasteiger partial charge in [-0.3, -0.25) is 0 Å². The number of anilines is 1. The van der Waals surface area contributed by atoms with Crippen LogP contribution in [0.4, 0.5) is 10.5 Å². The molecule has 0 fully saturated rings. The molecule has 0 aromatic heterocycles. The summed E-state index contributed by atoms with van der Waals surface area (Å²) in [6.07, 6.45) is 4.13. The van der Waals surface area contributed by atoms with Crippen molar-refractivity contribution in [2.75, 3.05) is 18.9 Å². The predicted molar refractivity (Wildman–Crippen MR) is 166 cm³/mol. The Morgan fingerprint density at radius 1 is 0.780 bits per heavy atom. The van der Waals surface area contributed by atoms with E-state index in [9.17, 15) is 4.79 Å². The lowest BCUT2D eigenvalue weighted by Crippen LogP contribution is -2.26. The normalized spacial score (nSPS) is 11.5. The van der Waals surface area contributed by atoms with Gasteiger partial charge in [0.1, 0.15) is 24.7 Å². The molecule has 0 bridgehead atoms. The monoisotopic (exact) mass is 551 g/mol. The number of amides is 2. The standard InChI is InChI=1S/C35H41N3O3/c1-3-4-15-32(37-23-22-27-16-19-31(20-17-27)40-25-28-11-7-5-8-12-28)30-18-21-34(33(24-30)38-35(39)36-2)41-26-29-13-9-6-10-14-29/h5-14,16-21,24,32,37H,3-4,15,22-23,25-26H2,1-2H3,(H2,36,38,39). The van der Waals surface area contributed by atoms with Crippen LogP contribution in [0.25, 0.3) is 0 Å². The second kappa shape index (κ2) is 16.1. The van der Waals surface area contributed by atoms with E-state index in [0.29, 0.717) is 24.7 Å². The van der Waals surface area contributed by atoms with Crippen molar-refractivity contribution in [2.45, 2.75) is 51.9 Å². The fraction of sp³-hybridized carbons (Fsp3) is 0.286. The van der Waals surface area contributed by atoms with Crippen LogP contribution in [0.2, 0.25) is 0 Å². The number of carbonyl (C=O) groups excluding carboxylic acids is 1. The zero-order valence-electron chi connectivity index (χ0n) is 24.1. The molecule has 0 spiro atoms. The maximum absolute atomic E-state index is 12.2. The molecule has 2 amide bonds. The first-order chi connectivity index (χ1) is 20.1. The summed E-state index contributed by atoms with van der Waals surface area (Å²) >= 11 is 0. The first-order valence-electron chi connectivity index (χ1n) is 14.4. The Bertz CT molecular complexity index is 1330. The Kier molecular flexibility index (Phi) is 11.7. The average molecular weight is 552 g/mol. The predicted octanol–water partition coefficient (Wildman–Crippen LogP) is 7.66. The van der Waals surface area contributed by atoms with Crippen LogP contribution in [-0.2, 0) is 19.6 Å². The van der Waals surface area contributed by atoms with Crippen LogP contribution in [0.1, 0.15) is 54.5 Å². The van der Waals surface area contributed by atoms with Gasteiger partial charge in [-0.15, -0.1) is 0 Å². The van der Waals surface area contributed by atoms with Gasteiger partial charge in [-0.25, -0.2) is 4.79 Å². The lowest BCUT2D eigenvalue weighted by Gasteiger charge is -2.21. The van der Waals surface area contributed by atoms with Crippen LogP contribution in [0, 0.1) is 0 Å². The molecule has 0 radical (unpaired) electrons. The molecule has 4 aromatic rings. The van der Waals surface area contributed by atoms with E-state index in [1.807, 2.05) is 72.8 Å². The Balaban J connectivity index is 1.38. The Morgan fingerprint density at radius 2 is 1.44 bits per heavy atom. The first-order valence-corrected chi connectivity index (χ1v) is 14.4. The van der Waals surface area contributed by atoms with Crippen molar-refractivity contribution in [1.82, 2.24) is 10.6 Å². The minimum Gasteiger partial charge on any atom is -0.489 e. The van der Waals surface area contributed by atoms with Crippen molar-refractivity contribution >= 4 is 11.7 Å². The van der Waals surface area contributed by atoms with Gasteiger partial charge in [0, 0.05) is 13.1 Å². The molecule has 0 saturated carbocycles. The number of hydrogen-bond acceptors (Lipinski definition) is 4. The molecular formula is C35H41N3O3. The highest BCUT2D eigenvalue weighted by Gasteiger charge is 2.15. The second-order valence-corrected chi connectivity index (χ2v) is 10.1. The van der Waals surface area contributed by atoms with Crippen LogP contribution in [0.5, 0.6) is 11.5 Å². The number of urea groups is 1. The van der Waals surface area contributed by atoms with E-state index in [1.165, 1.54) is 5.56 Å². The number of unbranched alkanes of at least 4 members (excludes halogenated alkanes) is 1. The minimum atomic E-state index is -0.277.